The van der Waals surface area contributed by atoms with Gasteiger partial charge in [0.05, 0.1) is 10.4 Å². The van der Waals surface area contributed by atoms with Gasteiger partial charge in [-0.2, -0.15) is 0 Å². The summed E-state index contributed by atoms with van der Waals surface area (Å²) in [6, 6.07) is 10.4. The third-order valence-electron chi connectivity index (χ3n) is 3.74. The van der Waals surface area contributed by atoms with Crippen LogP contribution in [-0.4, -0.2) is 16.9 Å². The van der Waals surface area contributed by atoms with Gasteiger partial charge in [0.15, 0.2) is 0 Å². The zero-order valence-corrected chi connectivity index (χ0v) is 12.0. The molecule has 0 bridgehead atoms. The second-order valence-corrected chi connectivity index (χ2v) is 5.78. The summed E-state index contributed by atoms with van der Waals surface area (Å²) < 4.78 is 0. The van der Waals surface area contributed by atoms with Crippen LogP contribution in [0.4, 0.5) is 0 Å². The molecule has 0 heterocycles. The van der Waals surface area contributed by atoms with Crippen molar-refractivity contribution in [2.45, 2.75) is 38.6 Å². The summed E-state index contributed by atoms with van der Waals surface area (Å²) in [5.41, 5.74) is 6.39. The zero-order valence-electron chi connectivity index (χ0n) is 11.2. The molecule has 4 heteroatoms. The topological polar surface area (TPSA) is 55.1 Å². The summed E-state index contributed by atoms with van der Waals surface area (Å²) in [7, 11) is 0. The summed E-state index contributed by atoms with van der Waals surface area (Å²) >= 11 is 4.98. The molecule has 1 fully saturated rings. The molecule has 3 N–H and O–H groups in total. The minimum Gasteiger partial charge on any atom is -0.392 e. The van der Waals surface area contributed by atoms with Crippen LogP contribution in [0.2, 0.25) is 0 Å². The Kier molecular flexibility index (Phi) is 4.20. The smallest absolute Gasteiger partial charge is 0.233 e. The molecule has 1 amide bonds. The van der Waals surface area contributed by atoms with Crippen molar-refractivity contribution in [3.8, 4) is 0 Å². The molecule has 0 spiro atoms. The molecule has 1 aliphatic carbocycles. The summed E-state index contributed by atoms with van der Waals surface area (Å²) in [4.78, 5) is 12.4. The first-order valence-electron chi connectivity index (χ1n) is 6.69. The molecule has 19 heavy (non-hydrogen) atoms. The minimum atomic E-state index is -0.545. The van der Waals surface area contributed by atoms with Gasteiger partial charge in [0.1, 0.15) is 0 Å². The summed E-state index contributed by atoms with van der Waals surface area (Å²) in [5.74, 6) is 0.000520. The second kappa shape index (κ2) is 5.70. The second-order valence-electron chi connectivity index (χ2n) is 5.35. The fraction of sp³-hybridized carbons (Fsp3) is 0.467. The van der Waals surface area contributed by atoms with Crippen molar-refractivity contribution in [2.75, 3.05) is 0 Å². The number of nitrogens with two attached hydrogens (primary N) is 1. The number of carbonyl (C=O) groups is 1. The summed E-state index contributed by atoms with van der Waals surface area (Å²) in [5, 5.41) is 3.03. The van der Waals surface area contributed by atoms with Gasteiger partial charge in [-0.15, -0.1) is 0 Å². The number of aryl methyl sites for hydroxylation is 1. The maximum Gasteiger partial charge on any atom is 0.233 e. The van der Waals surface area contributed by atoms with Crippen molar-refractivity contribution in [1.29, 1.82) is 0 Å². The first-order valence-corrected chi connectivity index (χ1v) is 7.10. The number of benzene rings is 1. The first-order chi connectivity index (χ1) is 9.04. The van der Waals surface area contributed by atoms with Gasteiger partial charge in [-0.05, 0) is 38.2 Å². The van der Waals surface area contributed by atoms with Gasteiger partial charge in [0.2, 0.25) is 5.91 Å². The quantitative estimate of drug-likeness (QED) is 0.783. The summed E-state index contributed by atoms with van der Waals surface area (Å²) in [6.45, 7) is 2.02. The third-order valence-corrected chi connectivity index (χ3v) is 4.13. The fourth-order valence-electron chi connectivity index (χ4n) is 2.17. The molecule has 0 aromatic heterocycles. The Morgan fingerprint density at radius 3 is 2.58 bits per heavy atom. The molecule has 0 aliphatic heterocycles. The van der Waals surface area contributed by atoms with E-state index in [4.69, 9.17) is 18.0 Å². The lowest BCUT2D eigenvalue weighted by Crippen LogP contribution is -2.43. The average Bonchev–Trinajstić information content (AvgIpc) is 3.19. The molecule has 102 valence electrons. The maximum absolute atomic E-state index is 12.1. The van der Waals surface area contributed by atoms with Crippen LogP contribution in [0.3, 0.4) is 0 Å². The molecular weight excluding hydrogens is 256 g/mol. The lowest BCUT2D eigenvalue weighted by Gasteiger charge is -2.18. The Morgan fingerprint density at radius 2 is 2.05 bits per heavy atom. The number of nitrogens with one attached hydrogen (secondary N) is 1. The minimum absolute atomic E-state index is 0.000520. The van der Waals surface area contributed by atoms with Gasteiger partial charge in [0.25, 0.3) is 0 Å². The molecule has 1 aromatic rings. The fourth-order valence-corrected chi connectivity index (χ4v) is 2.47. The van der Waals surface area contributed by atoms with Crippen LogP contribution in [0.1, 0.15) is 31.7 Å². The van der Waals surface area contributed by atoms with Crippen LogP contribution in [0.5, 0.6) is 0 Å². The Hall–Kier alpha value is -1.42. The monoisotopic (exact) mass is 276 g/mol. The van der Waals surface area contributed by atoms with Crippen molar-refractivity contribution < 1.29 is 4.79 Å². The van der Waals surface area contributed by atoms with E-state index in [9.17, 15) is 4.79 Å². The van der Waals surface area contributed by atoms with Gasteiger partial charge < -0.3 is 11.1 Å². The van der Waals surface area contributed by atoms with Gasteiger partial charge in [-0.25, -0.2) is 0 Å². The van der Waals surface area contributed by atoms with Crippen LogP contribution in [-0.2, 0) is 11.2 Å². The first kappa shape index (κ1) is 14.0. The normalized spacial score (nSPS) is 17.5. The van der Waals surface area contributed by atoms with Crippen LogP contribution < -0.4 is 11.1 Å². The van der Waals surface area contributed by atoms with Gasteiger partial charge in [-0.3, -0.25) is 4.79 Å². The highest BCUT2D eigenvalue weighted by molar-refractivity contribution is 7.80. The average molecular weight is 276 g/mol. The highest BCUT2D eigenvalue weighted by Gasteiger charge is 2.52. The molecule has 2 rings (SSSR count). The van der Waals surface area contributed by atoms with Gasteiger partial charge >= 0.3 is 0 Å². The number of hydrogen-bond acceptors (Lipinski definition) is 2. The Labute approximate surface area is 119 Å². The predicted octanol–water partition coefficient (Wildman–Crippen LogP) is 2.19. The molecule has 3 nitrogen and oxygen atoms in total. The lowest BCUT2D eigenvalue weighted by molar-refractivity contribution is -0.124. The molecule has 1 aromatic carbocycles. The van der Waals surface area contributed by atoms with Crippen molar-refractivity contribution in [2.24, 2.45) is 11.1 Å². The van der Waals surface area contributed by atoms with Gasteiger partial charge in [-0.1, -0.05) is 42.5 Å². The number of amides is 1. The summed E-state index contributed by atoms with van der Waals surface area (Å²) in [6.07, 6.45) is 3.46. The van der Waals surface area contributed by atoms with E-state index in [0.717, 1.165) is 25.7 Å². The standard InChI is InChI=1S/C15H20N2OS/c1-11(7-8-12-5-3-2-4-6-12)17-14(18)15(9-10-15)13(16)19/h2-6,11H,7-10H2,1H3,(H2,16,19)(H,17,18). The SMILES string of the molecule is CC(CCc1ccccc1)NC(=O)C1(C(N)=S)CC1. The van der Waals surface area contributed by atoms with E-state index in [2.05, 4.69) is 17.4 Å². The molecule has 0 radical (unpaired) electrons. The van der Waals surface area contributed by atoms with Crippen LogP contribution in [0, 0.1) is 5.41 Å². The lowest BCUT2D eigenvalue weighted by atomic mass is 10.0. The Bertz CT molecular complexity index is 468. The molecule has 1 unspecified atom stereocenters. The van der Waals surface area contributed by atoms with E-state index < -0.39 is 5.41 Å². The number of hydrogen-bond donors (Lipinski definition) is 2. The van der Waals surface area contributed by atoms with E-state index >= 15 is 0 Å². The molecule has 1 saturated carbocycles. The maximum atomic E-state index is 12.1. The van der Waals surface area contributed by atoms with Gasteiger partial charge in [0, 0.05) is 6.04 Å². The largest absolute Gasteiger partial charge is 0.392 e. The predicted molar refractivity (Wildman–Crippen MR) is 80.8 cm³/mol. The third kappa shape index (κ3) is 3.32. The molecular formula is C15H20N2OS. The van der Waals surface area contributed by atoms with E-state index in [1.165, 1.54) is 5.56 Å². The van der Waals surface area contributed by atoms with Crippen LogP contribution in [0.25, 0.3) is 0 Å². The van der Waals surface area contributed by atoms with E-state index in [1.807, 2.05) is 25.1 Å². The van der Waals surface area contributed by atoms with Crippen molar-refractivity contribution >= 4 is 23.1 Å². The van der Waals surface area contributed by atoms with Crippen LogP contribution >= 0.6 is 12.2 Å². The van der Waals surface area contributed by atoms with E-state index in [1.54, 1.807) is 0 Å². The van der Waals surface area contributed by atoms with Crippen molar-refractivity contribution in [3.05, 3.63) is 35.9 Å². The Balaban J connectivity index is 1.80. The number of rotatable bonds is 6. The van der Waals surface area contributed by atoms with Crippen molar-refractivity contribution in [3.63, 3.8) is 0 Å². The zero-order chi connectivity index (χ0) is 13.9. The van der Waals surface area contributed by atoms with E-state index in [-0.39, 0.29) is 11.9 Å². The highest BCUT2D eigenvalue weighted by Crippen LogP contribution is 2.46. The van der Waals surface area contributed by atoms with Crippen LogP contribution in [0.15, 0.2) is 30.3 Å². The number of thiocarbonyl (C=S) groups is 1. The molecule has 1 atom stereocenters. The van der Waals surface area contributed by atoms with Crippen molar-refractivity contribution in [1.82, 2.24) is 5.32 Å². The molecule has 1 aliphatic rings. The molecule has 0 saturated heterocycles. The highest BCUT2D eigenvalue weighted by atomic mass is 32.1. The number of carbonyl (C=O) groups excluding carboxylic acids is 1. The Morgan fingerprint density at radius 1 is 1.42 bits per heavy atom. The van der Waals surface area contributed by atoms with E-state index in [0.29, 0.717) is 4.99 Å².